The van der Waals surface area contributed by atoms with E-state index >= 15 is 0 Å². The van der Waals surface area contributed by atoms with Crippen LogP contribution in [-0.2, 0) is 0 Å². The van der Waals surface area contributed by atoms with E-state index in [1.165, 1.54) is 7.11 Å². The van der Waals surface area contributed by atoms with Gasteiger partial charge in [0.05, 0.1) is 7.11 Å². The Labute approximate surface area is 74.5 Å². The number of rotatable bonds is 1. The van der Waals surface area contributed by atoms with Crippen molar-refractivity contribution in [2.24, 2.45) is 0 Å². The predicted molar refractivity (Wildman–Crippen MR) is 47.5 cm³/mol. The van der Waals surface area contributed by atoms with Crippen molar-refractivity contribution in [1.82, 2.24) is 9.97 Å². The second-order valence-electron chi connectivity index (χ2n) is 2.67. The van der Waals surface area contributed by atoms with E-state index in [9.17, 15) is 0 Å². The summed E-state index contributed by atoms with van der Waals surface area (Å²) in [5.41, 5.74) is 6.66. The molecule has 2 aromatic heterocycles. The number of ether oxygens (including phenoxy) is 1. The van der Waals surface area contributed by atoms with Crippen molar-refractivity contribution in [3.63, 3.8) is 0 Å². The number of hydrogen-bond donors (Lipinski definition) is 1. The molecule has 0 radical (unpaired) electrons. The Morgan fingerprint density at radius 3 is 2.92 bits per heavy atom. The highest BCUT2D eigenvalue weighted by atomic mass is 16.5. The van der Waals surface area contributed by atoms with Crippen LogP contribution < -0.4 is 10.5 Å². The zero-order chi connectivity index (χ0) is 9.42. The molecule has 0 saturated carbocycles. The van der Waals surface area contributed by atoms with Crippen molar-refractivity contribution in [2.45, 2.75) is 6.92 Å². The van der Waals surface area contributed by atoms with E-state index in [1.807, 2.05) is 6.92 Å². The second-order valence-corrected chi connectivity index (χ2v) is 2.67. The topological polar surface area (TPSA) is 74.2 Å². The molecule has 2 heterocycles. The first-order valence-electron chi connectivity index (χ1n) is 3.78. The molecule has 0 saturated heterocycles. The summed E-state index contributed by atoms with van der Waals surface area (Å²) in [7, 11) is 1.49. The quantitative estimate of drug-likeness (QED) is 0.710. The molecule has 68 valence electrons. The molecule has 0 aromatic carbocycles. The summed E-state index contributed by atoms with van der Waals surface area (Å²) in [6.07, 6.45) is 0. The standard InChI is InChI=1S/C8H9N3O2/c1-4-3-5-7(13-4)11-8(12-2)6(9)10-5/h3H,1-2H3,(H2,9,10). The zero-order valence-corrected chi connectivity index (χ0v) is 7.37. The van der Waals surface area contributed by atoms with Gasteiger partial charge in [0.25, 0.3) is 5.88 Å². The van der Waals surface area contributed by atoms with E-state index in [0.29, 0.717) is 17.1 Å². The van der Waals surface area contributed by atoms with E-state index in [2.05, 4.69) is 9.97 Å². The summed E-state index contributed by atoms with van der Waals surface area (Å²) < 4.78 is 10.2. The average molecular weight is 179 g/mol. The molecule has 0 fully saturated rings. The first kappa shape index (κ1) is 7.85. The molecule has 0 atom stereocenters. The normalized spacial score (nSPS) is 10.6. The van der Waals surface area contributed by atoms with Gasteiger partial charge in [0.1, 0.15) is 11.3 Å². The molecule has 2 aromatic rings. The molecule has 0 unspecified atom stereocenters. The van der Waals surface area contributed by atoms with Crippen molar-refractivity contribution in [3.05, 3.63) is 11.8 Å². The van der Waals surface area contributed by atoms with Gasteiger partial charge < -0.3 is 14.9 Å². The van der Waals surface area contributed by atoms with Crippen molar-refractivity contribution in [2.75, 3.05) is 12.8 Å². The lowest BCUT2D eigenvalue weighted by molar-refractivity contribution is 0.397. The summed E-state index contributed by atoms with van der Waals surface area (Å²) in [5.74, 6) is 1.32. The van der Waals surface area contributed by atoms with Crippen LogP contribution in [0.4, 0.5) is 5.82 Å². The molecule has 2 N–H and O–H groups in total. The molecular weight excluding hydrogens is 170 g/mol. The Hall–Kier alpha value is -1.78. The van der Waals surface area contributed by atoms with Gasteiger partial charge in [0.2, 0.25) is 5.71 Å². The molecular formula is C8H9N3O2. The maximum absolute atomic E-state index is 5.57. The lowest BCUT2D eigenvalue weighted by Gasteiger charge is -1.99. The molecule has 13 heavy (non-hydrogen) atoms. The number of methoxy groups -OCH3 is 1. The van der Waals surface area contributed by atoms with Crippen LogP contribution in [0.3, 0.4) is 0 Å². The Morgan fingerprint density at radius 2 is 2.23 bits per heavy atom. The van der Waals surface area contributed by atoms with E-state index in [0.717, 1.165) is 5.76 Å². The summed E-state index contributed by atoms with van der Waals surface area (Å²) >= 11 is 0. The van der Waals surface area contributed by atoms with Gasteiger partial charge in [-0.15, -0.1) is 0 Å². The molecule has 5 heteroatoms. The van der Waals surface area contributed by atoms with Crippen LogP contribution in [0, 0.1) is 6.92 Å². The summed E-state index contributed by atoms with van der Waals surface area (Å²) in [4.78, 5) is 8.10. The smallest absolute Gasteiger partial charge is 0.260 e. The third-order valence-corrected chi connectivity index (χ3v) is 1.67. The maximum Gasteiger partial charge on any atom is 0.260 e. The first-order valence-corrected chi connectivity index (χ1v) is 3.78. The van der Waals surface area contributed by atoms with Gasteiger partial charge in [-0.1, -0.05) is 0 Å². The van der Waals surface area contributed by atoms with Crippen LogP contribution in [0.15, 0.2) is 10.5 Å². The number of nitrogen functional groups attached to an aromatic ring is 1. The second kappa shape index (κ2) is 2.62. The minimum Gasteiger partial charge on any atom is -0.478 e. The van der Waals surface area contributed by atoms with E-state index in [4.69, 9.17) is 14.9 Å². The molecule has 0 aliphatic heterocycles. The van der Waals surface area contributed by atoms with Crippen LogP contribution in [0.2, 0.25) is 0 Å². The molecule has 0 aliphatic rings. The van der Waals surface area contributed by atoms with E-state index < -0.39 is 0 Å². The number of nitrogens with two attached hydrogens (primary N) is 1. The largest absolute Gasteiger partial charge is 0.478 e. The van der Waals surface area contributed by atoms with Gasteiger partial charge in [-0.25, -0.2) is 4.98 Å². The third kappa shape index (κ3) is 1.18. The van der Waals surface area contributed by atoms with Gasteiger partial charge in [-0.05, 0) is 6.92 Å². The van der Waals surface area contributed by atoms with Crippen molar-refractivity contribution < 1.29 is 9.15 Å². The molecule has 0 aliphatic carbocycles. The third-order valence-electron chi connectivity index (χ3n) is 1.67. The Balaban J connectivity index is 2.72. The highest BCUT2D eigenvalue weighted by Gasteiger charge is 2.08. The minimum atomic E-state index is 0.274. The van der Waals surface area contributed by atoms with E-state index in [1.54, 1.807) is 6.07 Å². The van der Waals surface area contributed by atoms with Crippen LogP contribution in [-0.4, -0.2) is 17.1 Å². The Morgan fingerprint density at radius 1 is 1.46 bits per heavy atom. The number of aryl methyl sites for hydroxylation is 1. The fourth-order valence-corrected chi connectivity index (χ4v) is 1.13. The molecule has 2 rings (SSSR count). The van der Waals surface area contributed by atoms with Crippen LogP contribution >= 0.6 is 0 Å². The Bertz CT molecular complexity index is 450. The fraction of sp³-hybridized carbons (Fsp3) is 0.250. The number of hydrogen-bond acceptors (Lipinski definition) is 5. The molecule has 0 spiro atoms. The highest BCUT2D eigenvalue weighted by Crippen LogP contribution is 2.22. The SMILES string of the molecule is COc1nc2oc(C)cc2nc1N. The summed E-state index contributed by atoms with van der Waals surface area (Å²) in [6, 6.07) is 1.78. The first-order chi connectivity index (χ1) is 6.20. The van der Waals surface area contributed by atoms with E-state index in [-0.39, 0.29) is 5.82 Å². The van der Waals surface area contributed by atoms with Crippen LogP contribution in [0.5, 0.6) is 5.88 Å². The van der Waals surface area contributed by atoms with Crippen LogP contribution in [0.25, 0.3) is 11.2 Å². The number of fused-ring (bicyclic) bond motifs is 1. The Kier molecular flexibility index (Phi) is 1.58. The highest BCUT2D eigenvalue weighted by molar-refractivity contribution is 5.72. The lowest BCUT2D eigenvalue weighted by atomic mass is 10.4. The van der Waals surface area contributed by atoms with Gasteiger partial charge in [-0.3, -0.25) is 0 Å². The van der Waals surface area contributed by atoms with Gasteiger partial charge in [0, 0.05) is 6.07 Å². The predicted octanol–water partition coefficient (Wildman–Crippen LogP) is 1.12. The number of aromatic nitrogens is 2. The minimum absolute atomic E-state index is 0.274. The number of anilines is 1. The lowest BCUT2D eigenvalue weighted by Crippen LogP contribution is -1.97. The van der Waals surface area contributed by atoms with Gasteiger partial charge in [0.15, 0.2) is 5.82 Å². The number of nitrogens with zero attached hydrogens (tertiary/aromatic N) is 2. The number of furan rings is 1. The van der Waals surface area contributed by atoms with Gasteiger partial charge in [-0.2, -0.15) is 4.98 Å². The maximum atomic E-state index is 5.57. The monoisotopic (exact) mass is 179 g/mol. The average Bonchev–Trinajstić information content (AvgIpc) is 2.42. The molecule has 0 amide bonds. The van der Waals surface area contributed by atoms with Crippen LogP contribution in [0.1, 0.15) is 5.76 Å². The molecule has 5 nitrogen and oxygen atoms in total. The van der Waals surface area contributed by atoms with Crippen molar-refractivity contribution in [3.8, 4) is 5.88 Å². The van der Waals surface area contributed by atoms with Crippen molar-refractivity contribution >= 4 is 17.0 Å². The molecule has 0 bridgehead atoms. The van der Waals surface area contributed by atoms with Gasteiger partial charge >= 0.3 is 0 Å². The summed E-state index contributed by atoms with van der Waals surface area (Å²) in [5, 5.41) is 0. The van der Waals surface area contributed by atoms with Crippen molar-refractivity contribution in [1.29, 1.82) is 0 Å². The fourth-order valence-electron chi connectivity index (χ4n) is 1.13. The zero-order valence-electron chi connectivity index (χ0n) is 7.37. The summed E-state index contributed by atoms with van der Waals surface area (Å²) in [6.45, 7) is 1.83.